The van der Waals surface area contributed by atoms with Gasteiger partial charge in [0, 0.05) is 18.8 Å². The van der Waals surface area contributed by atoms with E-state index in [9.17, 15) is 22.8 Å². The maximum Gasteiger partial charge on any atom is 0.325 e. The van der Waals surface area contributed by atoms with E-state index < -0.39 is 40.0 Å². The van der Waals surface area contributed by atoms with Gasteiger partial charge >= 0.3 is 6.03 Å². The summed E-state index contributed by atoms with van der Waals surface area (Å²) in [6.07, 6.45) is 3.79. The van der Waals surface area contributed by atoms with Gasteiger partial charge in [-0.2, -0.15) is 4.31 Å². The van der Waals surface area contributed by atoms with Crippen LogP contribution in [0.1, 0.15) is 44.6 Å². The van der Waals surface area contributed by atoms with Gasteiger partial charge in [-0.1, -0.05) is 50.1 Å². The predicted molar refractivity (Wildman–Crippen MR) is 131 cm³/mol. The lowest BCUT2D eigenvalue weighted by Gasteiger charge is -2.26. The van der Waals surface area contributed by atoms with Gasteiger partial charge < -0.3 is 10.6 Å². The Morgan fingerprint density at radius 1 is 1.00 bits per heavy atom. The molecule has 0 radical (unpaired) electrons. The monoisotopic (exact) mass is 498 g/mol. The van der Waals surface area contributed by atoms with E-state index in [-0.39, 0.29) is 4.90 Å². The van der Waals surface area contributed by atoms with Crippen LogP contribution in [0.25, 0.3) is 0 Å². The molecule has 2 aromatic rings. The lowest BCUT2D eigenvalue weighted by molar-refractivity contribution is -0.134. The first-order valence-corrected chi connectivity index (χ1v) is 13.3. The van der Waals surface area contributed by atoms with E-state index in [2.05, 4.69) is 10.6 Å². The molecule has 35 heavy (non-hydrogen) atoms. The molecule has 4 rings (SSSR count). The van der Waals surface area contributed by atoms with E-state index in [1.807, 2.05) is 13.0 Å². The Bertz CT molecular complexity index is 1190. The van der Waals surface area contributed by atoms with Crippen molar-refractivity contribution < 1.29 is 22.8 Å². The molecule has 2 N–H and O–H groups in total. The highest BCUT2D eigenvalue weighted by Gasteiger charge is 2.52. The van der Waals surface area contributed by atoms with Crippen LogP contribution in [0.4, 0.5) is 10.5 Å². The molecule has 1 unspecified atom stereocenters. The van der Waals surface area contributed by atoms with Gasteiger partial charge in [0.05, 0.1) is 4.90 Å². The van der Waals surface area contributed by atoms with Crippen molar-refractivity contribution in [3.05, 3.63) is 60.2 Å². The van der Waals surface area contributed by atoms with Gasteiger partial charge in [0.25, 0.3) is 5.91 Å². The molecule has 0 aromatic heterocycles. The molecule has 4 amide bonds. The van der Waals surface area contributed by atoms with E-state index in [4.69, 9.17) is 0 Å². The number of imide groups is 1. The highest BCUT2D eigenvalue weighted by molar-refractivity contribution is 7.89. The second kappa shape index (κ2) is 10.2. The number of sulfonamides is 1. The Balaban J connectivity index is 1.44. The maximum absolute atomic E-state index is 13.3. The second-order valence-electron chi connectivity index (χ2n) is 8.88. The summed E-state index contributed by atoms with van der Waals surface area (Å²) in [6, 6.07) is 14.3. The number of hydrogen-bond acceptors (Lipinski definition) is 5. The zero-order valence-electron chi connectivity index (χ0n) is 19.7. The van der Waals surface area contributed by atoms with Crippen LogP contribution < -0.4 is 10.6 Å². The third kappa shape index (κ3) is 4.94. The SMILES string of the molecule is CCCC1(c2ccccc2)NC(=O)N(CC(=O)Nc2ccc(S(=O)(=O)N3CCCCC3)cc2)C1=O. The number of nitrogens with zero attached hydrogens (tertiary/aromatic N) is 2. The average molecular weight is 499 g/mol. The molecule has 9 nitrogen and oxygen atoms in total. The Morgan fingerprint density at radius 2 is 1.66 bits per heavy atom. The predicted octanol–water partition coefficient (Wildman–Crippen LogP) is 3.05. The van der Waals surface area contributed by atoms with Crippen LogP contribution in [-0.4, -0.2) is 55.1 Å². The lowest BCUT2D eigenvalue weighted by Crippen LogP contribution is -2.44. The Hall–Kier alpha value is -3.24. The van der Waals surface area contributed by atoms with Crippen LogP contribution >= 0.6 is 0 Å². The fourth-order valence-electron chi connectivity index (χ4n) is 4.69. The van der Waals surface area contributed by atoms with Gasteiger partial charge in [0.2, 0.25) is 15.9 Å². The normalized spacial score (nSPS) is 21.1. The standard InChI is InChI=1S/C25H30N4O5S/c1-2-15-25(19-9-5-3-6-10-19)23(31)29(24(32)27-25)18-22(30)26-20-11-13-21(14-12-20)35(33,34)28-16-7-4-8-17-28/h3,5-6,9-14H,2,4,7-8,15-18H2,1H3,(H,26,30)(H,27,32). The number of benzene rings is 2. The first-order valence-electron chi connectivity index (χ1n) is 11.9. The van der Waals surface area contributed by atoms with Gasteiger partial charge in [-0.3, -0.25) is 14.5 Å². The fourth-order valence-corrected chi connectivity index (χ4v) is 6.20. The number of urea groups is 1. The van der Waals surface area contributed by atoms with E-state index in [0.29, 0.717) is 37.2 Å². The summed E-state index contributed by atoms with van der Waals surface area (Å²) in [7, 11) is -3.57. The number of piperidine rings is 1. The quantitative estimate of drug-likeness (QED) is 0.543. The molecular weight excluding hydrogens is 468 g/mol. The summed E-state index contributed by atoms with van der Waals surface area (Å²) < 4.78 is 27.1. The van der Waals surface area contributed by atoms with Crippen molar-refractivity contribution in [3.8, 4) is 0 Å². The summed E-state index contributed by atoms with van der Waals surface area (Å²) in [5, 5.41) is 5.44. The fraction of sp³-hybridized carbons (Fsp3) is 0.400. The van der Waals surface area contributed by atoms with Crippen molar-refractivity contribution in [3.63, 3.8) is 0 Å². The van der Waals surface area contributed by atoms with Crippen LogP contribution in [-0.2, 0) is 25.2 Å². The lowest BCUT2D eigenvalue weighted by atomic mass is 9.85. The summed E-state index contributed by atoms with van der Waals surface area (Å²) in [4.78, 5) is 39.8. The second-order valence-corrected chi connectivity index (χ2v) is 10.8. The zero-order valence-corrected chi connectivity index (χ0v) is 20.5. The Labute approximate surface area is 205 Å². The van der Waals surface area contributed by atoms with Crippen molar-refractivity contribution >= 4 is 33.6 Å². The summed E-state index contributed by atoms with van der Waals surface area (Å²) in [5.41, 5.74) is -0.145. The summed E-state index contributed by atoms with van der Waals surface area (Å²) in [5.74, 6) is -1.02. The number of carbonyl (C=O) groups excluding carboxylic acids is 3. The molecule has 2 fully saturated rings. The van der Waals surface area contributed by atoms with Crippen LogP contribution in [0.5, 0.6) is 0 Å². The number of amides is 4. The Kier molecular flexibility index (Phi) is 7.23. The molecule has 0 bridgehead atoms. The molecule has 2 heterocycles. The minimum absolute atomic E-state index is 0.165. The molecule has 2 aromatic carbocycles. The van der Waals surface area contributed by atoms with Crippen LogP contribution in [0.15, 0.2) is 59.5 Å². The summed E-state index contributed by atoms with van der Waals surface area (Å²) >= 11 is 0. The van der Waals surface area contributed by atoms with E-state index in [1.165, 1.54) is 28.6 Å². The molecule has 1 atom stereocenters. The van der Waals surface area contributed by atoms with Gasteiger partial charge in [-0.05, 0) is 49.1 Å². The first-order chi connectivity index (χ1) is 16.8. The molecule has 2 saturated heterocycles. The summed E-state index contributed by atoms with van der Waals surface area (Å²) in [6.45, 7) is 2.50. The van der Waals surface area contributed by atoms with Gasteiger partial charge in [-0.15, -0.1) is 0 Å². The van der Waals surface area contributed by atoms with Crippen molar-refractivity contribution in [2.45, 2.75) is 49.5 Å². The smallest absolute Gasteiger partial charge is 0.325 e. The van der Waals surface area contributed by atoms with E-state index in [1.54, 1.807) is 24.3 Å². The van der Waals surface area contributed by atoms with Crippen molar-refractivity contribution in [2.75, 3.05) is 25.0 Å². The number of carbonyl (C=O) groups is 3. The molecule has 10 heteroatoms. The van der Waals surface area contributed by atoms with E-state index in [0.717, 1.165) is 24.2 Å². The third-order valence-corrected chi connectivity index (χ3v) is 8.37. The molecule has 0 spiro atoms. The molecule has 186 valence electrons. The topological polar surface area (TPSA) is 116 Å². The molecule has 2 aliphatic rings. The van der Waals surface area contributed by atoms with Crippen molar-refractivity contribution in [1.29, 1.82) is 0 Å². The number of rotatable bonds is 8. The van der Waals surface area contributed by atoms with Gasteiger partial charge in [-0.25, -0.2) is 13.2 Å². The van der Waals surface area contributed by atoms with Gasteiger partial charge in [0.1, 0.15) is 12.1 Å². The van der Waals surface area contributed by atoms with Crippen molar-refractivity contribution in [2.24, 2.45) is 0 Å². The largest absolute Gasteiger partial charge is 0.325 e. The number of anilines is 1. The minimum Gasteiger partial charge on any atom is -0.325 e. The maximum atomic E-state index is 13.3. The number of nitrogens with one attached hydrogen (secondary N) is 2. The third-order valence-electron chi connectivity index (χ3n) is 6.46. The van der Waals surface area contributed by atoms with E-state index >= 15 is 0 Å². The van der Waals surface area contributed by atoms with Crippen LogP contribution in [0.2, 0.25) is 0 Å². The molecule has 0 saturated carbocycles. The number of hydrogen-bond donors (Lipinski definition) is 2. The molecule has 0 aliphatic carbocycles. The van der Waals surface area contributed by atoms with Gasteiger partial charge in [0.15, 0.2) is 0 Å². The Morgan fingerprint density at radius 3 is 2.29 bits per heavy atom. The minimum atomic E-state index is -3.57. The van der Waals surface area contributed by atoms with Crippen LogP contribution in [0, 0.1) is 0 Å². The first kappa shape index (κ1) is 24.9. The van der Waals surface area contributed by atoms with Crippen LogP contribution in [0.3, 0.4) is 0 Å². The highest BCUT2D eigenvalue weighted by atomic mass is 32.2. The zero-order chi connectivity index (χ0) is 25.1. The highest BCUT2D eigenvalue weighted by Crippen LogP contribution is 2.33. The average Bonchev–Trinajstić information content (AvgIpc) is 3.10. The molecule has 2 aliphatic heterocycles. The van der Waals surface area contributed by atoms with Crippen molar-refractivity contribution in [1.82, 2.24) is 14.5 Å². The molecular formula is C25H30N4O5S.